The molecule has 18 heavy (non-hydrogen) atoms. The van der Waals surface area contributed by atoms with E-state index in [0.29, 0.717) is 0 Å². The second-order valence-corrected chi connectivity index (χ2v) is 5.42. The summed E-state index contributed by atoms with van der Waals surface area (Å²) >= 11 is 1.64. The van der Waals surface area contributed by atoms with Gasteiger partial charge in [-0.15, -0.1) is 11.8 Å². The number of benzene rings is 2. The molecule has 0 aliphatic heterocycles. The summed E-state index contributed by atoms with van der Waals surface area (Å²) in [6.45, 7) is 4.01. The summed E-state index contributed by atoms with van der Waals surface area (Å²) in [5, 5.41) is 0. The molecule has 0 radical (unpaired) electrons. The van der Waals surface area contributed by atoms with Crippen LogP contribution in [0.2, 0.25) is 0 Å². The van der Waals surface area contributed by atoms with E-state index in [2.05, 4.69) is 0 Å². The first-order chi connectivity index (χ1) is 8.56. The number of halogens is 1. The first kappa shape index (κ1) is 13.0. The first-order valence-corrected chi connectivity index (χ1v) is 6.79. The van der Waals surface area contributed by atoms with Crippen LogP contribution in [0.5, 0.6) is 0 Å². The molecule has 0 aliphatic rings. The lowest BCUT2D eigenvalue weighted by Crippen LogP contribution is -1.92. The van der Waals surface area contributed by atoms with E-state index in [9.17, 15) is 4.39 Å². The van der Waals surface area contributed by atoms with Gasteiger partial charge in [0.05, 0.1) is 0 Å². The van der Waals surface area contributed by atoms with Gasteiger partial charge < -0.3 is 5.73 Å². The molecule has 0 saturated carbocycles. The Morgan fingerprint density at radius 2 is 1.89 bits per heavy atom. The van der Waals surface area contributed by atoms with Crippen molar-refractivity contribution in [3.63, 3.8) is 0 Å². The van der Waals surface area contributed by atoms with E-state index in [4.69, 9.17) is 5.73 Å². The first-order valence-electron chi connectivity index (χ1n) is 5.80. The molecule has 0 aromatic heterocycles. The Bertz CT molecular complexity index is 566. The summed E-state index contributed by atoms with van der Waals surface area (Å²) < 4.78 is 13.2. The van der Waals surface area contributed by atoms with Gasteiger partial charge in [0.25, 0.3) is 0 Å². The molecule has 2 rings (SSSR count). The zero-order chi connectivity index (χ0) is 13.1. The number of anilines is 1. The van der Waals surface area contributed by atoms with Crippen molar-refractivity contribution in [1.29, 1.82) is 0 Å². The molecule has 0 spiro atoms. The van der Waals surface area contributed by atoms with Gasteiger partial charge in [-0.25, -0.2) is 4.39 Å². The third kappa shape index (κ3) is 3.05. The highest BCUT2D eigenvalue weighted by Gasteiger charge is 2.04. The van der Waals surface area contributed by atoms with Gasteiger partial charge in [0.2, 0.25) is 0 Å². The molecule has 2 aromatic rings. The predicted molar refractivity (Wildman–Crippen MR) is 76.3 cm³/mol. The number of hydrogen-bond acceptors (Lipinski definition) is 2. The van der Waals surface area contributed by atoms with Gasteiger partial charge in [-0.3, -0.25) is 0 Å². The Labute approximate surface area is 111 Å². The summed E-state index contributed by atoms with van der Waals surface area (Å²) in [7, 11) is 0. The minimum Gasteiger partial charge on any atom is -0.398 e. The summed E-state index contributed by atoms with van der Waals surface area (Å²) in [5.41, 5.74) is 10.0. The van der Waals surface area contributed by atoms with Crippen LogP contribution in [0.15, 0.2) is 41.3 Å². The minimum atomic E-state index is -0.187. The van der Waals surface area contributed by atoms with E-state index in [1.807, 2.05) is 38.1 Å². The van der Waals surface area contributed by atoms with Crippen molar-refractivity contribution < 1.29 is 4.39 Å². The Balaban J connectivity index is 2.13. The molecule has 0 amide bonds. The van der Waals surface area contributed by atoms with Crippen LogP contribution < -0.4 is 5.73 Å². The lowest BCUT2D eigenvalue weighted by molar-refractivity contribution is 0.626. The summed E-state index contributed by atoms with van der Waals surface area (Å²) in [4.78, 5) is 1.05. The Morgan fingerprint density at radius 1 is 1.11 bits per heavy atom. The lowest BCUT2D eigenvalue weighted by Gasteiger charge is -2.08. The molecule has 0 bridgehead atoms. The van der Waals surface area contributed by atoms with Crippen molar-refractivity contribution in [2.24, 2.45) is 0 Å². The quantitative estimate of drug-likeness (QED) is 0.658. The van der Waals surface area contributed by atoms with Crippen molar-refractivity contribution in [2.45, 2.75) is 24.5 Å². The molecular formula is C15H16FNS. The molecule has 0 fully saturated rings. The molecular weight excluding hydrogens is 245 g/mol. The lowest BCUT2D eigenvalue weighted by atomic mass is 10.1. The summed E-state index contributed by atoms with van der Waals surface area (Å²) in [6, 6.07) is 10.9. The highest BCUT2D eigenvalue weighted by molar-refractivity contribution is 7.98. The average molecular weight is 261 g/mol. The van der Waals surface area contributed by atoms with Crippen LogP contribution in [-0.2, 0) is 5.75 Å². The van der Waals surface area contributed by atoms with Gasteiger partial charge in [-0.1, -0.05) is 12.1 Å². The maximum absolute atomic E-state index is 13.2. The standard InChI is InChI=1S/C15H16FNS/c1-10-3-6-15(14(17)7-10)18-9-12-8-13(16)5-4-11(12)2/h3-8H,9,17H2,1-2H3. The van der Waals surface area contributed by atoms with Crippen molar-refractivity contribution in [2.75, 3.05) is 5.73 Å². The fourth-order valence-electron chi connectivity index (χ4n) is 1.75. The molecule has 3 heteroatoms. The second-order valence-electron chi connectivity index (χ2n) is 4.40. The van der Waals surface area contributed by atoms with Crippen molar-refractivity contribution in [3.05, 3.63) is 58.9 Å². The van der Waals surface area contributed by atoms with Crippen LogP contribution in [-0.4, -0.2) is 0 Å². The monoisotopic (exact) mass is 261 g/mol. The normalized spacial score (nSPS) is 10.6. The zero-order valence-electron chi connectivity index (χ0n) is 10.5. The fourth-order valence-corrected chi connectivity index (χ4v) is 2.76. The van der Waals surface area contributed by atoms with Crippen LogP contribution in [0.4, 0.5) is 10.1 Å². The van der Waals surface area contributed by atoms with Crippen molar-refractivity contribution in [1.82, 2.24) is 0 Å². The van der Waals surface area contributed by atoms with Crippen molar-refractivity contribution >= 4 is 17.4 Å². The molecule has 0 unspecified atom stereocenters. The van der Waals surface area contributed by atoms with Crippen LogP contribution in [0, 0.1) is 19.7 Å². The third-order valence-electron chi connectivity index (χ3n) is 2.86. The van der Waals surface area contributed by atoms with Gasteiger partial charge in [-0.05, 0) is 54.8 Å². The van der Waals surface area contributed by atoms with E-state index < -0.39 is 0 Å². The SMILES string of the molecule is Cc1ccc(SCc2cc(F)ccc2C)c(N)c1. The van der Waals surface area contributed by atoms with Crippen LogP contribution in [0.3, 0.4) is 0 Å². The van der Waals surface area contributed by atoms with Gasteiger partial charge in [0, 0.05) is 16.3 Å². The van der Waals surface area contributed by atoms with E-state index in [-0.39, 0.29) is 5.82 Å². The summed E-state index contributed by atoms with van der Waals surface area (Å²) in [5.74, 6) is 0.546. The van der Waals surface area contributed by atoms with Gasteiger partial charge in [0.15, 0.2) is 0 Å². The van der Waals surface area contributed by atoms with Crippen LogP contribution >= 0.6 is 11.8 Å². The Kier molecular flexibility index (Phi) is 3.92. The Morgan fingerprint density at radius 3 is 2.61 bits per heavy atom. The highest BCUT2D eigenvalue weighted by atomic mass is 32.2. The smallest absolute Gasteiger partial charge is 0.123 e. The molecule has 2 aromatic carbocycles. The average Bonchev–Trinajstić information content (AvgIpc) is 2.32. The molecule has 0 heterocycles. The largest absolute Gasteiger partial charge is 0.398 e. The van der Waals surface area contributed by atoms with Gasteiger partial charge >= 0.3 is 0 Å². The molecule has 1 nitrogen and oxygen atoms in total. The highest BCUT2D eigenvalue weighted by Crippen LogP contribution is 2.29. The van der Waals surface area contributed by atoms with E-state index >= 15 is 0 Å². The molecule has 0 aliphatic carbocycles. The number of nitrogen functional groups attached to an aromatic ring is 1. The zero-order valence-corrected chi connectivity index (χ0v) is 11.4. The maximum atomic E-state index is 13.2. The molecule has 2 N–H and O–H groups in total. The summed E-state index contributed by atoms with van der Waals surface area (Å²) in [6.07, 6.45) is 0. The third-order valence-corrected chi connectivity index (χ3v) is 4.00. The van der Waals surface area contributed by atoms with Gasteiger partial charge in [-0.2, -0.15) is 0 Å². The molecule has 94 valence electrons. The van der Waals surface area contributed by atoms with Gasteiger partial charge in [0.1, 0.15) is 5.82 Å². The second kappa shape index (κ2) is 5.44. The fraction of sp³-hybridized carbons (Fsp3) is 0.200. The molecule has 0 atom stereocenters. The minimum absolute atomic E-state index is 0.187. The van der Waals surface area contributed by atoms with Crippen LogP contribution in [0.25, 0.3) is 0 Å². The topological polar surface area (TPSA) is 26.0 Å². The number of rotatable bonds is 3. The number of hydrogen-bond donors (Lipinski definition) is 1. The van der Waals surface area contributed by atoms with Crippen molar-refractivity contribution in [3.8, 4) is 0 Å². The maximum Gasteiger partial charge on any atom is 0.123 e. The Hall–Kier alpha value is -1.48. The number of aryl methyl sites for hydroxylation is 2. The van der Waals surface area contributed by atoms with E-state index in [0.717, 1.165) is 33.0 Å². The van der Waals surface area contributed by atoms with Crippen LogP contribution in [0.1, 0.15) is 16.7 Å². The van der Waals surface area contributed by atoms with E-state index in [1.54, 1.807) is 17.8 Å². The molecule has 0 saturated heterocycles. The predicted octanol–water partition coefficient (Wildman–Crippen LogP) is 4.32. The number of thioether (sulfide) groups is 1. The number of nitrogens with two attached hydrogens (primary N) is 1. The van der Waals surface area contributed by atoms with E-state index in [1.165, 1.54) is 6.07 Å².